The molecule has 0 atom stereocenters. The van der Waals surface area contributed by atoms with Gasteiger partial charge < -0.3 is 9.47 Å². The van der Waals surface area contributed by atoms with Crippen LogP contribution in [0.1, 0.15) is 38.8 Å². The molecule has 4 heteroatoms. The summed E-state index contributed by atoms with van der Waals surface area (Å²) in [4.78, 5) is 4.53. The first-order valence-corrected chi connectivity index (χ1v) is 11.1. The highest BCUT2D eigenvalue weighted by Crippen LogP contribution is 2.40. The smallest absolute Gasteiger partial charge is 0.260 e. The summed E-state index contributed by atoms with van der Waals surface area (Å²) < 4.78 is 54.7. The molecule has 162 valence electrons. The SMILES string of the molecule is [2H]C([2H])([2H])c1cnc(-c2ccc3c4c2Oc2ccccc2B4c2ccccc2O3)cc1C([2H])([2H])C(C)(C)C. The van der Waals surface area contributed by atoms with Gasteiger partial charge in [-0.15, -0.1) is 0 Å². The monoisotopic (exact) mass is 436 g/mol. The lowest BCUT2D eigenvalue weighted by Crippen LogP contribution is -2.57. The Balaban J connectivity index is 1.60. The molecule has 3 aromatic carbocycles. The topological polar surface area (TPSA) is 31.4 Å². The van der Waals surface area contributed by atoms with Gasteiger partial charge in [-0.2, -0.15) is 0 Å². The Hall–Kier alpha value is -3.53. The van der Waals surface area contributed by atoms with Gasteiger partial charge in [0.15, 0.2) is 0 Å². The van der Waals surface area contributed by atoms with E-state index in [1.165, 1.54) is 6.20 Å². The van der Waals surface area contributed by atoms with Crippen LogP contribution in [0.3, 0.4) is 0 Å². The van der Waals surface area contributed by atoms with Crippen molar-refractivity contribution in [2.24, 2.45) is 5.41 Å². The van der Waals surface area contributed by atoms with Crippen molar-refractivity contribution < 1.29 is 16.3 Å². The van der Waals surface area contributed by atoms with Crippen LogP contribution in [0.25, 0.3) is 11.3 Å². The molecule has 0 unspecified atom stereocenters. The summed E-state index contributed by atoms with van der Waals surface area (Å²) in [5.74, 6) is 2.79. The maximum Gasteiger partial charge on any atom is 0.260 e. The number of hydrogen-bond acceptors (Lipinski definition) is 3. The predicted molar refractivity (Wildman–Crippen MR) is 135 cm³/mol. The second-order valence-electron chi connectivity index (χ2n) is 9.56. The largest absolute Gasteiger partial charge is 0.458 e. The van der Waals surface area contributed by atoms with E-state index >= 15 is 0 Å². The Morgan fingerprint density at radius 1 is 0.909 bits per heavy atom. The first-order valence-electron chi connectivity index (χ1n) is 13.6. The molecule has 4 aromatic rings. The van der Waals surface area contributed by atoms with Gasteiger partial charge in [0.25, 0.3) is 6.71 Å². The summed E-state index contributed by atoms with van der Waals surface area (Å²) in [6.07, 6.45) is -0.647. The highest BCUT2D eigenvalue weighted by atomic mass is 16.5. The molecule has 33 heavy (non-hydrogen) atoms. The van der Waals surface area contributed by atoms with E-state index in [1.807, 2.05) is 48.5 Å². The van der Waals surface area contributed by atoms with Gasteiger partial charge in [-0.3, -0.25) is 4.98 Å². The molecule has 6 rings (SSSR count). The fourth-order valence-corrected chi connectivity index (χ4v) is 4.70. The van der Waals surface area contributed by atoms with Crippen molar-refractivity contribution in [3.63, 3.8) is 0 Å². The van der Waals surface area contributed by atoms with E-state index in [1.54, 1.807) is 26.8 Å². The molecule has 2 aliphatic heterocycles. The van der Waals surface area contributed by atoms with Gasteiger partial charge in [-0.05, 0) is 71.0 Å². The molecule has 0 aliphatic carbocycles. The lowest BCUT2D eigenvalue weighted by atomic mass is 9.34. The Bertz CT molecular complexity index is 1580. The van der Waals surface area contributed by atoms with E-state index in [9.17, 15) is 0 Å². The Kier molecular flexibility index (Phi) is 3.37. The number of rotatable bonds is 2. The third-order valence-corrected chi connectivity index (χ3v) is 6.03. The van der Waals surface area contributed by atoms with Crippen LogP contribution in [-0.4, -0.2) is 11.7 Å². The van der Waals surface area contributed by atoms with Gasteiger partial charge in [0.05, 0.1) is 5.69 Å². The summed E-state index contributed by atoms with van der Waals surface area (Å²) in [7, 11) is 0. The van der Waals surface area contributed by atoms with Crippen LogP contribution in [0.15, 0.2) is 72.9 Å². The quantitative estimate of drug-likeness (QED) is 0.342. The zero-order valence-corrected chi connectivity index (χ0v) is 18.8. The summed E-state index contributed by atoms with van der Waals surface area (Å²) >= 11 is 0. The van der Waals surface area contributed by atoms with Crippen LogP contribution < -0.4 is 25.9 Å². The lowest BCUT2D eigenvalue weighted by Gasteiger charge is -2.33. The maximum absolute atomic E-state index is 8.91. The average Bonchev–Trinajstić information content (AvgIpc) is 2.87. The number of hydrogen-bond donors (Lipinski definition) is 0. The van der Waals surface area contributed by atoms with E-state index in [2.05, 4.69) is 17.1 Å². The predicted octanol–water partition coefficient (Wildman–Crippen LogP) is 5.37. The van der Waals surface area contributed by atoms with Crippen molar-refractivity contribution in [1.29, 1.82) is 0 Å². The summed E-state index contributed by atoms with van der Waals surface area (Å²) in [6.45, 7) is 2.66. The molecule has 0 saturated heterocycles. The zero-order chi connectivity index (χ0) is 27.0. The molecule has 0 N–H and O–H groups in total. The molecule has 0 saturated carbocycles. The normalized spacial score (nSPS) is 16.5. The van der Waals surface area contributed by atoms with Crippen LogP contribution in [0.2, 0.25) is 0 Å². The molecular formula is C29H26BNO2. The first kappa shape index (κ1) is 15.3. The van der Waals surface area contributed by atoms with Gasteiger partial charge in [-0.1, -0.05) is 57.2 Å². The summed E-state index contributed by atoms with van der Waals surface area (Å²) in [5, 5.41) is 0. The Labute approximate surface area is 202 Å². The zero-order valence-electron chi connectivity index (χ0n) is 23.8. The second kappa shape index (κ2) is 7.24. The van der Waals surface area contributed by atoms with Gasteiger partial charge in [0.1, 0.15) is 23.0 Å². The van der Waals surface area contributed by atoms with Crippen molar-refractivity contribution in [2.75, 3.05) is 0 Å². The molecule has 0 amide bonds. The second-order valence-corrected chi connectivity index (χ2v) is 9.56. The van der Waals surface area contributed by atoms with Crippen molar-refractivity contribution >= 4 is 23.1 Å². The molecule has 0 radical (unpaired) electrons. The third-order valence-electron chi connectivity index (χ3n) is 6.03. The highest BCUT2D eigenvalue weighted by Gasteiger charge is 2.41. The van der Waals surface area contributed by atoms with E-state index in [4.69, 9.17) is 16.3 Å². The molecule has 3 heterocycles. The van der Waals surface area contributed by atoms with Gasteiger partial charge in [-0.25, -0.2) is 0 Å². The Morgan fingerprint density at radius 3 is 2.30 bits per heavy atom. The molecule has 0 fully saturated rings. The number of pyridine rings is 1. The van der Waals surface area contributed by atoms with E-state index < -0.39 is 18.6 Å². The standard InChI is InChI=1S/C29H26BNO2/c1-18-17-31-23(15-19(18)16-29(2,3)4)20-13-14-26-27-28(20)33-25-12-8-6-10-22(25)30(27)21-9-5-7-11-24(21)32-26/h5-15,17H,16H2,1-4H3/i1D3,16D2. The number of para-hydroxylation sites is 2. The van der Waals surface area contributed by atoms with Crippen LogP contribution in [0.4, 0.5) is 0 Å². The van der Waals surface area contributed by atoms with E-state index in [-0.39, 0.29) is 17.8 Å². The number of benzene rings is 3. The van der Waals surface area contributed by atoms with Crippen molar-refractivity contribution in [3.8, 4) is 34.3 Å². The Morgan fingerprint density at radius 2 is 1.61 bits per heavy atom. The van der Waals surface area contributed by atoms with Crippen LogP contribution in [0.5, 0.6) is 23.0 Å². The molecule has 0 spiro atoms. The molecule has 0 bridgehead atoms. The van der Waals surface area contributed by atoms with Crippen LogP contribution >= 0.6 is 0 Å². The average molecular weight is 436 g/mol. The van der Waals surface area contributed by atoms with Crippen LogP contribution in [0, 0.1) is 12.3 Å². The fourth-order valence-electron chi connectivity index (χ4n) is 4.70. The molecule has 2 aliphatic rings. The van der Waals surface area contributed by atoms with Gasteiger partial charge in [0.2, 0.25) is 0 Å². The minimum atomic E-state index is -2.51. The lowest BCUT2D eigenvalue weighted by molar-refractivity contribution is 0.410. The summed E-state index contributed by atoms with van der Waals surface area (Å²) in [5.41, 5.74) is 3.19. The van der Waals surface area contributed by atoms with E-state index in [0.29, 0.717) is 22.8 Å². The van der Waals surface area contributed by atoms with Crippen molar-refractivity contribution in [3.05, 3.63) is 84.1 Å². The van der Waals surface area contributed by atoms with Crippen molar-refractivity contribution in [1.82, 2.24) is 4.98 Å². The number of aromatic nitrogens is 1. The third kappa shape index (κ3) is 3.33. The first-order chi connectivity index (χ1) is 17.9. The maximum atomic E-state index is 8.91. The molecule has 1 aromatic heterocycles. The number of aryl methyl sites for hydroxylation is 1. The van der Waals surface area contributed by atoms with Gasteiger partial charge >= 0.3 is 0 Å². The number of ether oxygens (including phenoxy) is 2. The van der Waals surface area contributed by atoms with Gasteiger partial charge in [0, 0.05) is 24.1 Å². The van der Waals surface area contributed by atoms with Crippen LogP contribution in [-0.2, 0) is 6.37 Å². The fraction of sp³-hybridized carbons (Fsp3) is 0.207. The summed E-state index contributed by atoms with van der Waals surface area (Å²) in [6, 6.07) is 21.2. The highest BCUT2D eigenvalue weighted by molar-refractivity contribution is 6.98. The molecular weight excluding hydrogens is 405 g/mol. The minimum Gasteiger partial charge on any atom is -0.458 e. The van der Waals surface area contributed by atoms with Crippen molar-refractivity contribution in [2.45, 2.75) is 34.0 Å². The number of fused-ring (bicyclic) bond motifs is 4. The minimum absolute atomic E-state index is 0.0887. The van der Waals surface area contributed by atoms with E-state index in [0.717, 1.165) is 27.9 Å². The molecule has 3 nitrogen and oxygen atoms in total. The number of nitrogens with zero attached hydrogens (tertiary/aromatic N) is 1.